The number of benzene rings is 2. The van der Waals surface area contributed by atoms with Crippen LogP contribution in [0.1, 0.15) is 49.5 Å². The average Bonchev–Trinajstić information content (AvgIpc) is 3.43. The minimum Gasteiger partial charge on any atom is -0.494 e. The van der Waals surface area contributed by atoms with Crippen LogP contribution in [0.25, 0.3) is 0 Å². The summed E-state index contributed by atoms with van der Waals surface area (Å²) in [5, 5.41) is 3.29. The summed E-state index contributed by atoms with van der Waals surface area (Å²) in [6.07, 6.45) is 2.27. The monoisotopic (exact) mass is 516 g/mol. The fraction of sp³-hybridized carbons (Fsp3) is 0.552. The number of hydrogen-bond acceptors (Lipinski definition) is 7. The van der Waals surface area contributed by atoms with Crippen molar-refractivity contribution in [1.29, 1.82) is 0 Å². The number of nitrogens with one attached hydrogen (secondary N) is 1. The van der Waals surface area contributed by atoms with E-state index in [1.54, 1.807) is 44.4 Å². The lowest BCUT2D eigenvalue weighted by atomic mass is 10.1. The Balaban J connectivity index is 0.000000269. The number of hydrogen-bond donors (Lipinski definition) is 1. The molecule has 1 amide bonds. The maximum absolute atomic E-state index is 12.3. The van der Waals surface area contributed by atoms with Gasteiger partial charge in [0.1, 0.15) is 5.75 Å². The number of rotatable bonds is 13. The van der Waals surface area contributed by atoms with Crippen molar-refractivity contribution in [2.75, 3.05) is 54.2 Å². The average molecular weight is 517 g/mol. The van der Waals surface area contributed by atoms with Crippen LogP contribution in [0.3, 0.4) is 0 Å². The third-order valence-electron chi connectivity index (χ3n) is 5.97. The fourth-order valence-electron chi connectivity index (χ4n) is 3.62. The first-order chi connectivity index (χ1) is 17.9. The molecule has 0 radical (unpaired) electrons. The van der Waals surface area contributed by atoms with E-state index >= 15 is 0 Å². The minimum absolute atomic E-state index is 0.0330. The van der Waals surface area contributed by atoms with Crippen molar-refractivity contribution >= 4 is 5.91 Å². The molecule has 1 unspecified atom stereocenters. The quantitative estimate of drug-likeness (QED) is 0.391. The van der Waals surface area contributed by atoms with Gasteiger partial charge in [0.05, 0.1) is 33.0 Å². The van der Waals surface area contributed by atoms with Crippen LogP contribution in [0.2, 0.25) is 0 Å². The highest BCUT2D eigenvalue weighted by Gasteiger charge is 2.17. The van der Waals surface area contributed by atoms with Crippen molar-refractivity contribution in [2.45, 2.75) is 52.4 Å². The highest BCUT2D eigenvalue weighted by Crippen LogP contribution is 2.29. The van der Waals surface area contributed by atoms with Crippen molar-refractivity contribution in [1.82, 2.24) is 10.2 Å². The van der Waals surface area contributed by atoms with Gasteiger partial charge in [0.25, 0.3) is 5.91 Å². The molecule has 1 aliphatic heterocycles. The van der Waals surface area contributed by atoms with Crippen molar-refractivity contribution in [3.8, 4) is 17.2 Å². The standard InChI is InChI=1S/C16H25NO4.C13H19NO2/c1-12(2)17(3)16(18)13-7-8-14(20-5)15(11-13)21-10-6-9-19-4;1-2-15-12-5-3-4-11(8-12)10-16-13-6-7-14-9-13/h7-8,11-12H,6,9-10H2,1-5H3;3-5,8,13-14H,2,6-7,9-10H2,1H3. The Morgan fingerprint density at radius 1 is 1.08 bits per heavy atom. The number of ether oxygens (including phenoxy) is 5. The van der Waals surface area contributed by atoms with E-state index in [0.29, 0.717) is 49.6 Å². The highest BCUT2D eigenvalue weighted by atomic mass is 16.5. The van der Waals surface area contributed by atoms with Gasteiger partial charge >= 0.3 is 0 Å². The summed E-state index contributed by atoms with van der Waals surface area (Å²) in [5.41, 5.74) is 1.77. The molecule has 1 N–H and O–H groups in total. The summed E-state index contributed by atoms with van der Waals surface area (Å²) in [7, 11) is 5.02. The summed E-state index contributed by atoms with van der Waals surface area (Å²) >= 11 is 0. The van der Waals surface area contributed by atoms with E-state index in [-0.39, 0.29) is 11.9 Å². The second kappa shape index (κ2) is 16.8. The smallest absolute Gasteiger partial charge is 0.253 e. The molecule has 0 saturated carbocycles. The second-order valence-corrected chi connectivity index (χ2v) is 9.08. The minimum atomic E-state index is -0.0330. The molecule has 0 bridgehead atoms. The molecule has 2 aromatic rings. The summed E-state index contributed by atoms with van der Waals surface area (Å²) in [5.74, 6) is 2.09. The first-order valence-electron chi connectivity index (χ1n) is 13.0. The molecular weight excluding hydrogens is 472 g/mol. The molecular formula is C29H44N2O6. The zero-order valence-corrected chi connectivity index (χ0v) is 23.2. The van der Waals surface area contributed by atoms with Gasteiger partial charge in [-0.05, 0) is 69.6 Å². The Kier molecular flexibility index (Phi) is 13.8. The van der Waals surface area contributed by atoms with E-state index in [0.717, 1.165) is 31.7 Å². The predicted octanol–water partition coefficient (Wildman–Crippen LogP) is 4.55. The molecule has 0 spiro atoms. The van der Waals surface area contributed by atoms with E-state index in [1.807, 2.05) is 39.0 Å². The summed E-state index contributed by atoms with van der Waals surface area (Å²) in [6.45, 7) is 10.5. The molecule has 1 heterocycles. The largest absolute Gasteiger partial charge is 0.494 e. The number of nitrogens with zero attached hydrogens (tertiary/aromatic N) is 1. The van der Waals surface area contributed by atoms with Crippen LogP contribution in [0.5, 0.6) is 17.2 Å². The number of amides is 1. The van der Waals surface area contributed by atoms with Crippen LogP contribution < -0.4 is 19.5 Å². The Hall–Kier alpha value is -2.81. The van der Waals surface area contributed by atoms with Gasteiger partial charge in [-0.1, -0.05) is 12.1 Å². The third kappa shape index (κ3) is 10.6. The summed E-state index contributed by atoms with van der Waals surface area (Å²) in [4.78, 5) is 14.0. The molecule has 1 saturated heterocycles. The molecule has 206 valence electrons. The number of carbonyl (C=O) groups excluding carboxylic acids is 1. The van der Waals surface area contributed by atoms with Gasteiger partial charge in [-0.15, -0.1) is 0 Å². The molecule has 8 nitrogen and oxygen atoms in total. The lowest BCUT2D eigenvalue weighted by molar-refractivity contribution is 0.0541. The lowest BCUT2D eigenvalue weighted by Crippen LogP contribution is -2.32. The van der Waals surface area contributed by atoms with Crippen LogP contribution in [-0.2, 0) is 16.1 Å². The third-order valence-corrected chi connectivity index (χ3v) is 5.97. The van der Waals surface area contributed by atoms with Crippen LogP contribution >= 0.6 is 0 Å². The predicted molar refractivity (Wildman–Crippen MR) is 146 cm³/mol. The molecule has 2 aromatic carbocycles. The van der Waals surface area contributed by atoms with E-state index in [4.69, 9.17) is 23.7 Å². The highest BCUT2D eigenvalue weighted by molar-refractivity contribution is 5.94. The van der Waals surface area contributed by atoms with Gasteiger partial charge < -0.3 is 33.9 Å². The van der Waals surface area contributed by atoms with Gasteiger partial charge in [0, 0.05) is 45.3 Å². The molecule has 8 heteroatoms. The van der Waals surface area contributed by atoms with Crippen LogP contribution in [0, 0.1) is 0 Å². The number of carbonyl (C=O) groups is 1. The van der Waals surface area contributed by atoms with Crippen LogP contribution in [0.4, 0.5) is 0 Å². The van der Waals surface area contributed by atoms with Gasteiger partial charge in [-0.3, -0.25) is 4.79 Å². The van der Waals surface area contributed by atoms with Gasteiger partial charge in [0.2, 0.25) is 0 Å². The summed E-state index contributed by atoms with van der Waals surface area (Å²) < 4.78 is 27.2. The Bertz CT molecular complexity index is 930. The van der Waals surface area contributed by atoms with Gasteiger partial charge in [0.15, 0.2) is 11.5 Å². The van der Waals surface area contributed by atoms with Crippen LogP contribution in [-0.4, -0.2) is 77.1 Å². The van der Waals surface area contributed by atoms with E-state index in [2.05, 4.69) is 11.4 Å². The van der Waals surface area contributed by atoms with E-state index in [9.17, 15) is 4.79 Å². The normalized spacial score (nSPS) is 14.6. The Morgan fingerprint density at radius 3 is 2.54 bits per heavy atom. The topological polar surface area (TPSA) is 78.5 Å². The molecule has 1 fully saturated rings. The van der Waals surface area contributed by atoms with Gasteiger partial charge in [-0.2, -0.15) is 0 Å². The summed E-state index contributed by atoms with van der Waals surface area (Å²) in [6, 6.07) is 13.5. The molecule has 1 aliphatic rings. The molecule has 37 heavy (non-hydrogen) atoms. The fourth-order valence-corrected chi connectivity index (χ4v) is 3.62. The molecule has 1 atom stereocenters. The molecule has 0 aromatic heterocycles. The first-order valence-corrected chi connectivity index (χ1v) is 13.0. The molecule has 3 rings (SSSR count). The van der Waals surface area contributed by atoms with Crippen molar-refractivity contribution in [3.05, 3.63) is 53.6 Å². The van der Waals surface area contributed by atoms with Crippen molar-refractivity contribution in [3.63, 3.8) is 0 Å². The zero-order valence-electron chi connectivity index (χ0n) is 23.2. The van der Waals surface area contributed by atoms with E-state index < -0.39 is 0 Å². The number of methoxy groups -OCH3 is 2. The Morgan fingerprint density at radius 2 is 1.89 bits per heavy atom. The maximum Gasteiger partial charge on any atom is 0.253 e. The van der Waals surface area contributed by atoms with E-state index in [1.165, 1.54) is 5.56 Å². The van der Waals surface area contributed by atoms with Crippen LogP contribution in [0.15, 0.2) is 42.5 Å². The van der Waals surface area contributed by atoms with Crippen molar-refractivity contribution in [2.24, 2.45) is 0 Å². The molecule has 0 aliphatic carbocycles. The Labute approximate surface area is 222 Å². The zero-order chi connectivity index (χ0) is 27.0. The van der Waals surface area contributed by atoms with Gasteiger partial charge in [-0.25, -0.2) is 0 Å². The maximum atomic E-state index is 12.3. The van der Waals surface area contributed by atoms with Crippen molar-refractivity contribution < 1.29 is 28.5 Å². The second-order valence-electron chi connectivity index (χ2n) is 9.08. The lowest BCUT2D eigenvalue weighted by Gasteiger charge is -2.22. The first kappa shape index (κ1) is 30.4. The SMILES string of the molecule is CCOc1cccc(COC2CCNC2)c1.COCCCOc1cc(C(=O)N(C)C(C)C)ccc1OC.